The van der Waals surface area contributed by atoms with Crippen molar-refractivity contribution in [3.63, 3.8) is 0 Å². The molecule has 0 saturated carbocycles. The van der Waals surface area contributed by atoms with Gasteiger partial charge in [-0.2, -0.15) is 0 Å². The van der Waals surface area contributed by atoms with Gasteiger partial charge in [0.15, 0.2) is 0 Å². The van der Waals surface area contributed by atoms with Crippen molar-refractivity contribution in [3.05, 3.63) is 16.6 Å². The number of aryl methyl sites for hydroxylation is 1. The Hall–Kier alpha value is -1.43. The normalized spacial score (nSPS) is 19.0. The van der Waals surface area contributed by atoms with E-state index in [4.69, 9.17) is 5.11 Å². The Bertz CT molecular complexity index is 447. The van der Waals surface area contributed by atoms with Gasteiger partial charge in [-0.05, 0) is 25.7 Å². The Morgan fingerprint density at radius 1 is 1.40 bits per heavy atom. The summed E-state index contributed by atoms with van der Waals surface area (Å²) in [5.74, 6) is -0.652. The molecule has 1 N–H and O–H groups in total. The highest BCUT2D eigenvalue weighted by Gasteiger charge is 2.26. The van der Waals surface area contributed by atoms with Gasteiger partial charge < -0.3 is 10.0 Å². The van der Waals surface area contributed by atoms with Crippen molar-refractivity contribution in [3.8, 4) is 0 Å². The second-order valence-electron chi connectivity index (χ2n) is 5.09. The van der Waals surface area contributed by atoms with Gasteiger partial charge in [0.1, 0.15) is 0 Å². The number of amides is 1. The van der Waals surface area contributed by atoms with Crippen molar-refractivity contribution in [1.82, 2.24) is 9.88 Å². The van der Waals surface area contributed by atoms with Gasteiger partial charge in [-0.3, -0.25) is 9.59 Å². The average Bonchev–Trinajstić information content (AvgIpc) is 2.96. The molecule has 1 fully saturated rings. The zero-order valence-electron chi connectivity index (χ0n) is 11.5. The summed E-state index contributed by atoms with van der Waals surface area (Å²) >= 11 is 1.57. The number of likely N-dealkylation sites (tertiary alicyclic amines) is 1. The maximum atomic E-state index is 12.3. The summed E-state index contributed by atoms with van der Waals surface area (Å²) in [5, 5.41) is 11.7. The number of nitrogens with zero attached hydrogens (tertiary/aromatic N) is 2. The van der Waals surface area contributed by atoms with Gasteiger partial charge in [-0.15, -0.1) is 11.3 Å². The van der Waals surface area contributed by atoms with Crippen molar-refractivity contribution >= 4 is 23.2 Å². The third-order valence-electron chi connectivity index (χ3n) is 3.68. The molecular weight excluding hydrogens is 276 g/mol. The number of rotatable bonds is 6. The molecule has 1 amide bonds. The summed E-state index contributed by atoms with van der Waals surface area (Å²) in [7, 11) is 0. The van der Waals surface area contributed by atoms with E-state index in [1.54, 1.807) is 17.5 Å². The number of thiazole rings is 1. The Morgan fingerprint density at radius 3 is 2.95 bits per heavy atom. The predicted octanol–water partition coefficient (Wildman–Crippen LogP) is 2.32. The second-order valence-corrected chi connectivity index (χ2v) is 6.07. The van der Waals surface area contributed by atoms with Crippen LogP contribution in [0.25, 0.3) is 0 Å². The molecule has 0 radical (unpaired) electrons. The van der Waals surface area contributed by atoms with Crippen LogP contribution in [0.2, 0.25) is 0 Å². The van der Waals surface area contributed by atoms with Gasteiger partial charge in [0.25, 0.3) is 0 Å². The summed E-state index contributed by atoms with van der Waals surface area (Å²) in [5.41, 5.74) is 0. The first kappa shape index (κ1) is 15.0. The average molecular weight is 296 g/mol. The molecule has 1 saturated heterocycles. The van der Waals surface area contributed by atoms with Crippen LogP contribution in [0.3, 0.4) is 0 Å². The maximum Gasteiger partial charge on any atom is 0.303 e. The van der Waals surface area contributed by atoms with Crippen molar-refractivity contribution < 1.29 is 14.7 Å². The van der Waals surface area contributed by atoms with Crippen molar-refractivity contribution in [1.29, 1.82) is 0 Å². The van der Waals surface area contributed by atoms with Gasteiger partial charge in [0, 0.05) is 43.4 Å². The summed E-state index contributed by atoms with van der Waals surface area (Å²) < 4.78 is 0. The van der Waals surface area contributed by atoms with E-state index in [0.717, 1.165) is 30.8 Å². The van der Waals surface area contributed by atoms with Crippen LogP contribution in [-0.2, 0) is 16.0 Å². The van der Waals surface area contributed by atoms with Crippen molar-refractivity contribution in [2.75, 3.05) is 6.54 Å². The fraction of sp³-hybridized carbons (Fsp3) is 0.643. The molecule has 0 aliphatic carbocycles. The Kier molecular flexibility index (Phi) is 5.52. The summed E-state index contributed by atoms with van der Waals surface area (Å²) in [6.45, 7) is 0.765. The van der Waals surface area contributed by atoms with Crippen molar-refractivity contribution in [2.24, 2.45) is 0 Å². The SMILES string of the molecule is O=C(O)CCC1CCCCN1C(=O)CCc1nccs1. The molecule has 20 heavy (non-hydrogen) atoms. The smallest absolute Gasteiger partial charge is 0.303 e. The number of hydrogen-bond acceptors (Lipinski definition) is 4. The highest BCUT2D eigenvalue weighted by Crippen LogP contribution is 2.22. The van der Waals surface area contributed by atoms with Gasteiger partial charge in [-0.25, -0.2) is 4.98 Å². The van der Waals surface area contributed by atoms with Crippen molar-refractivity contribution in [2.45, 2.75) is 51.0 Å². The predicted molar refractivity (Wildman–Crippen MR) is 76.7 cm³/mol. The molecule has 110 valence electrons. The molecular formula is C14H20N2O3S. The quantitative estimate of drug-likeness (QED) is 0.874. The lowest BCUT2D eigenvalue weighted by Gasteiger charge is -2.35. The highest BCUT2D eigenvalue weighted by molar-refractivity contribution is 7.09. The second kappa shape index (κ2) is 7.38. The van der Waals surface area contributed by atoms with Gasteiger partial charge >= 0.3 is 5.97 Å². The number of aliphatic carboxylic acids is 1. The third-order valence-corrected chi connectivity index (χ3v) is 4.51. The molecule has 1 aromatic rings. The fourth-order valence-corrected chi connectivity index (χ4v) is 3.27. The molecule has 1 atom stereocenters. The van der Waals surface area contributed by atoms with Crippen LogP contribution in [-0.4, -0.2) is 39.5 Å². The first-order valence-electron chi connectivity index (χ1n) is 7.06. The monoisotopic (exact) mass is 296 g/mol. The Balaban J connectivity index is 1.86. The number of carbonyl (C=O) groups is 2. The first-order chi connectivity index (χ1) is 9.66. The zero-order chi connectivity index (χ0) is 14.4. The first-order valence-corrected chi connectivity index (χ1v) is 7.94. The minimum atomic E-state index is -0.786. The van der Waals surface area contributed by atoms with E-state index in [-0.39, 0.29) is 18.4 Å². The van der Waals surface area contributed by atoms with Gasteiger partial charge in [0.2, 0.25) is 5.91 Å². The van der Waals surface area contributed by atoms with Crippen LogP contribution in [0.5, 0.6) is 0 Å². The van der Waals surface area contributed by atoms with E-state index in [1.165, 1.54) is 0 Å². The third kappa shape index (κ3) is 4.30. The minimum absolute atomic E-state index is 0.101. The van der Waals surface area contributed by atoms with Crippen LogP contribution >= 0.6 is 11.3 Å². The number of hydrogen-bond donors (Lipinski definition) is 1. The van der Waals surface area contributed by atoms with E-state index in [9.17, 15) is 9.59 Å². The molecule has 5 nitrogen and oxygen atoms in total. The fourth-order valence-electron chi connectivity index (χ4n) is 2.65. The minimum Gasteiger partial charge on any atom is -0.481 e. The molecule has 0 aromatic carbocycles. The molecule has 0 bridgehead atoms. The van der Waals surface area contributed by atoms with E-state index in [1.807, 2.05) is 10.3 Å². The molecule has 1 unspecified atom stereocenters. The van der Waals surface area contributed by atoms with Gasteiger partial charge in [-0.1, -0.05) is 0 Å². The Morgan fingerprint density at radius 2 is 2.25 bits per heavy atom. The summed E-state index contributed by atoms with van der Waals surface area (Å²) in [4.78, 5) is 29.1. The summed E-state index contributed by atoms with van der Waals surface area (Å²) in [6, 6.07) is 0.101. The number of aromatic nitrogens is 1. The van der Waals surface area contributed by atoms with Gasteiger partial charge in [0.05, 0.1) is 5.01 Å². The largest absolute Gasteiger partial charge is 0.481 e. The molecule has 1 aliphatic rings. The van der Waals surface area contributed by atoms with Crippen LogP contribution in [0.1, 0.15) is 43.5 Å². The Labute approximate surface area is 122 Å². The van der Waals surface area contributed by atoms with E-state index < -0.39 is 5.97 Å². The number of carboxylic acid groups (broad SMARTS) is 1. The maximum absolute atomic E-state index is 12.3. The van der Waals surface area contributed by atoms with Crippen LogP contribution < -0.4 is 0 Å². The molecule has 6 heteroatoms. The number of carboxylic acids is 1. The van der Waals surface area contributed by atoms with E-state index >= 15 is 0 Å². The van der Waals surface area contributed by atoms with E-state index in [2.05, 4.69) is 4.98 Å². The van der Waals surface area contributed by atoms with Crippen LogP contribution in [0.15, 0.2) is 11.6 Å². The standard InChI is InChI=1S/C14H20N2O3S/c17-13(6-5-12-15-8-10-20-12)16-9-2-1-3-11(16)4-7-14(18)19/h8,10-11H,1-7,9H2,(H,18,19). The van der Waals surface area contributed by atoms with E-state index in [0.29, 0.717) is 19.3 Å². The molecule has 2 heterocycles. The number of carbonyl (C=O) groups excluding carboxylic acids is 1. The highest BCUT2D eigenvalue weighted by atomic mass is 32.1. The molecule has 2 rings (SSSR count). The lowest BCUT2D eigenvalue weighted by atomic mass is 9.97. The molecule has 0 spiro atoms. The molecule has 1 aromatic heterocycles. The number of piperidine rings is 1. The summed E-state index contributed by atoms with van der Waals surface area (Å²) in [6.07, 6.45) is 6.64. The lowest BCUT2D eigenvalue weighted by molar-refractivity contribution is -0.140. The topological polar surface area (TPSA) is 70.5 Å². The lowest BCUT2D eigenvalue weighted by Crippen LogP contribution is -2.44. The van der Waals surface area contributed by atoms with Crippen LogP contribution in [0, 0.1) is 0 Å². The van der Waals surface area contributed by atoms with Crippen LogP contribution in [0.4, 0.5) is 0 Å². The zero-order valence-corrected chi connectivity index (χ0v) is 12.3. The molecule has 1 aliphatic heterocycles.